The summed E-state index contributed by atoms with van der Waals surface area (Å²) in [6, 6.07) is 0.0741. The summed E-state index contributed by atoms with van der Waals surface area (Å²) in [6.45, 7) is 3.75. The molecule has 3 N–H and O–H groups in total. The first kappa shape index (κ1) is 9.71. The molecule has 0 aromatic carbocycles. The molecule has 1 aliphatic carbocycles. The molecule has 0 aromatic heterocycles. The monoisotopic (exact) mass is 170 g/mol. The van der Waals surface area contributed by atoms with Gasteiger partial charge in [-0.25, -0.2) is 0 Å². The minimum atomic E-state index is -0.101. The number of ether oxygens (including phenoxy) is 1. The normalized spacial score (nSPS) is 23.8. The molecule has 70 valence electrons. The van der Waals surface area contributed by atoms with E-state index in [2.05, 4.69) is 12.0 Å². The third kappa shape index (κ3) is 1.53. The molecule has 3 heteroatoms. The van der Waals surface area contributed by atoms with Gasteiger partial charge < -0.3 is 4.74 Å². The van der Waals surface area contributed by atoms with Gasteiger partial charge in [-0.05, 0) is 12.8 Å². The molecule has 0 saturated heterocycles. The molecule has 1 unspecified atom stereocenters. The highest BCUT2D eigenvalue weighted by Gasteiger charge is 2.39. The average molecular weight is 170 g/mol. The van der Waals surface area contributed by atoms with E-state index in [1.54, 1.807) is 7.11 Å². The molecule has 3 nitrogen and oxygen atoms in total. The Morgan fingerprint density at radius 3 is 2.50 bits per heavy atom. The third-order valence-electron chi connectivity index (χ3n) is 2.84. The van der Waals surface area contributed by atoms with Crippen molar-refractivity contribution in [2.45, 2.75) is 37.3 Å². The predicted molar refractivity (Wildman–Crippen MR) is 49.5 cm³/mol. The molecule has 12 heavy (non-hydrogen) atoms. The van der Waals surface area contributed by atoms with Crippen molar-refractivity contribution in [2.75, 3.05) is 7.11 Å². The van der Waals surface area contributed by atoms with E-state index in [9.17, 15) is 0 Å². The molecule has 0 radical (unpaired) electrons. The zero-order valence-corrected chi connectivity index (χ0v) is 7.68. The van der Waals surface area contributed by atoms with E-state index in [-0.39, 0.29) is 11.6 Å². The third-order valence-corrected chi connectivity index (χ3v) is 2.84. The van der Waals surface area contributed by atoms with Gasteiger partial charge in [0.25, 0.3) is 0 Å². The van der Waals surface area contributed by atoms with Gasteiger partial charge in [-0.2, -0.15) is 0 Å². The van der Waals surface area contributed by atoms with Crippen molar-refractivity contribution in [2.24, 2.45) is 5.84 Å². The van der Waals surface area contributed by atoms with Crippen LogP contribution in [0.5, 0.6) is 0 Å². The Bertz CT molecular complexity index is 153. The molecular formula is C9H18N2O. The molecule has 0 bridgehead atoms. The first-order chi connectivity index (χ1) is 5.79. The van der Waals surface area contributed by atoms with Crippen LogP contribution in [-0.4, -0.2) is 18.8 Å². The van der Waals surface area contributed by atoms with Gasteiger partial charge in [0.15, 0.2) is 0 Å². The summed E-state index contributed by atoms with van der Waals surface area (Å²) in [6.07, 6.45) is 6.42. The van der Waals surface area contributed by atoms with Gasteiger partial charge in [0.05, 0.1) is 11.6 Å². The molecule has 1 aliphatic rings. The quantitative estimate of drug-likeness (QED) is 0.375. The van der Waals surface area contributed by atoms with Gasteiger partial charge in [0, 0.05) is 7.11 Å². The molecule has 1 fully saturated rings. The first-order valence-corrected chi connectivity index (χ1v) is 4.43. The Kier molecular flexibility index (Phi) is 3.26. The zero-order chi connectivity index (χ0) is 9.03. The predicted octanol–water partition coefficient (Wildman–Crippen LogP) is 0.963. The van der Waals surface area contributed by atoms with Crippen LogP contribution in [0.4, 0.5) is 0 Å². The lowest BCUT2D eigenvalue weighted by atomic mass is 9.92. The van der Waals surface area contributed by atoms with Crippen LogP contribution in [0.25, 0.3) is 0 Å². The number of nitrogens with one attached hydrogen (secondary N) is 1. The van der Waals surface area contributed by atoms with Gasteiger partial charge in [0.1, 0.15) is 0 Å². The van der Waals surface area contributed by atoms with Crippen molar-refractivity contribution in [3.63, 3.8) is 0 Å². The molecule has 1 rings (SSSR count). The molecule has 0 aliphatic heterocycles. The van der Waals surface area contributed by atoms with Crippen molar-refractivity contribution >= 4 is 0 Å². The average Bonchev–Trinajstić information content (AvgIpc) is 2.56. The number of methoxy groups -OCH3 is 1. The summed E-state index contributed by atoms with van der Waals surface area (Å²) in [4.78, 5) is 0. The summed E-state index contributed by atoms with van der Waals surface area (Å²) in [5.41, 5.74) is 2.64. The highest BCUT2D eigenvalue weighted by Crippen LogP contribution is 2.35. The maximum atomic E-state index is 5.53. The summed E-state index contributed by atoms with van der Waals surface area (Å²) in [7, 11) is 1.75. The Morgan fingerprint density at radius 2 is 2.17 bits per heavy atom. The second-order valence-corrected chi connectivity index (χ2v) is 3.36. The van der Waals surface area contributed by atoms with Crippen molar-refractivity contribution in [1.82, 2.24) is 5.43 Å². The van der Waals surface area contributed by atoms with E-state index >= 15 is 0 Å². The Balaban J connectivity index is 2.69. The van der Waals surface area contributed by atoms with Crippen molar-refractivity contribution in [3.8, 4) is 0 Å². The molecule has 1 atom stereocenters. The van der Waals surface area contributed by atoms with Crippen LogP contribution in [0.1, 0.15) is 25.7 Å². The van der Waals surface area contributed by atoms with E-state index in [1.165, 1.54) is 12.8 Å². The van der Waals surface area contributed by atoms with Crippen LogP contribution in [0.3, 0.4) is 0 Å². The van der Waals surface area contributed by atoms with Gasteiger partial charge in [-0.1, -0.05) is 18.9 Å². The van der Waals surface area contributed by atoms with Crippen LogP contribution in [0.15, 0.2) is 12.7 Å². The summed E-state index contributed by atoms with van der Waals surface area (Å²) in [5, 5.41) is 0. The largest absolute Gasteiger partial charge is 0.376 e. The number of hydrogen-bond acceptors (Lipinski definition) is 3. The lowest BCUT2D eigenvalue weighted by Gasteiger charge is -2.33. The number of hydrogen-bond donors (Lipinski definition) is 2. The summed E-state index contributed by atoms with van der Waals surface area (Å²) < 4.78 is 5.53. The van der Waals surface area contributed by atoms with E-state index in [1.807, 2.05) is 6.08 Å². The van der Waals surface area contributed by atoms with Crippen molar-refractivity contribution in [3.05, 3.63) is 12.7 Å². The fourth-order valence-corrected chi connectivity index (χ4v) is 2.05. The zero-order valence-electron chi connectivity index (χ0n) is 7.68. The molecule has 1 saturated carbocycles. The Hall–Kier alpha value is -0.380. The highest BCUT2D eigenvalue weighted by atomic mass is 16.5. The number of nitrogens with two attached hydrogens (primary N) is 1. The van der Waals surface area contributed by atoms with Crippen LogP contribution in [0.2, 0.25) is 0 Å². The first-order valence-electron chi connectivity index (χ1n) is 4.43. The van der Waals surface area contributed by atoms with Crippen LogP contribution in [-0.2, 0) is 4.74 Å². The van der Waals surface area contributed by atoms with E-state index in [0.717, 1.165) is 12.8 Å². The fraction of sp³-hybridized carbons (Fsp3) is 0.778. The molecule has 0 aromatic rings. The summed E-state index contributed by atoms with van der Waals surface area (Å²) in [5.74, 6) is 5.42. The van der Waals surface area contributed by atoms with Gasteiger partial charge in [-0.3, -0.25) is 11.3 Å². The topological polar surface area (TPSA) is 47.3 Å². The van der Waals surface area contributed by atoms with Gasteiger partial charge in [0.2, 0.25) is 0 Å². The lowest BCUT2D eigenvalue weighted by molar-refractivity contribution is -0.0230. The van der Waals surface area contributed by atoms with Gasteiger partial charge in [-0.15, -0.1) is 6.58 Å². The Labute approximate surface area is 73.9 Å². The van der Waals surface area contributed by atoms with Crippen LogP contribution >= 0.6 is 0 Å². The minimum Gasteiger partial charge on any atom is -0.376 e. The lowest BCUT2D eigenvalue weighted by Crippen LogP contribution is -2.51. The summed E-state index contributed by atoms with van der Waals surface area (Å²) >= 11 is 0. The second kappa shape index (κ2) is 4.03. The molecule has 0 heterocycles. The SMILES string of the molecule is C=CC(NN)C1(OC)CCCC1. The standard InChI is InChI=1S/C9H18N2O/c1-3-8(11-10)9(12-2)6-4-5-7-9/h3,8,11H,1,4-7,10H2,2H3. The molecule has 0 amide bonds. The van der Waals surface area contributed by atoms with Gasteiger partial charge >= 0.3 is 0 Å². The van der Waals surface area contributed by atoms with Crippen LogP contribution in [0, 0.1) is 0 Å². The van der Waals surface area contributed by atoms with Crippen molar-refractivity contribution < 1.29 is 4.74 Å². The maximum absolute atomic E-state index is 5.53. The fourth-order valence-electron chi connectivity index (χ4n) is 2.05. The van der Waals surface area contributed by atoms with E-state index < -0.39 is 0 Å². The maximum Gasteiger partial charge on any atom is 0.0879 e. The van der Waals surface area contributed by atoms with E-state index in [4.69, 9.17) is 10.6 Å². The smallest absolute Gasteiger partial charge is 0.0879 e. The second-order valence-electron chi connectivity index (χ2n) is 3.36. The van der Waals surface area contributed by atoms with Crippen molar-refractivity contribution in [1.29, 1.82) is 0 Å². The molecule has 0 spiro atoms. The highest BCUT2D eigenvalue weighted by molar-refractivity contribution is 5.04. The van der Waals surface area contributed by atoms with Crippen LogP contribution < -0.4 is 11.3 Å². The van der Waals surface area contributed by atoms with E-state index in [0.29, 0.717) is 0 Å². The minimum absolute atomic E-state index is 0.0741. The molecular weight excluding hydrogens is 152 g/mol. The number of rotatable bonds is 4. The number of hydrazine groups is 1. The Morgan fingerprint density at radius 1 is 1.58 bits per heavy atom.